The van der Waals surface area contributed by atoms with Gasteiger partial charge in [0.05, 0.1) is 0 Å². The lowest BCUT2D eigenvalue weighted by atomic mass is 9.75. The van der Waals surface area contributed by atoms with E-state index in [1.165, 1.54) is 6.42 Å². The summed E-state index contributed by atoms with van der Waals surface area (Å²) in [5.74, 6) is 0.0130. The first-order valence-corrected chi connectivity index (χ1v) is 4.52. The first kappa shape index (κ1) is 9.52. The Balaban J connectivity index is 2.32. The van der Waals surface area contributed by atoms with E-state index in [-0.39, 0.29) is 18.1 Å². The van der Waals surface area contributed by atoms with Gasteiger partial charge in [0.15, 0.2) is 0 Å². The number of carbonyl (C=O) groups is 1. The maximum atomic E-state index is 11.2. The number of carbonyl (C=O) groups excluding carboxylic acids is 1. The molecule has 1 aliphatic carbocycles. The summed E-state index contributed by atoms with van der Waals surface area (Å²) in [7, 11) is 1.54. The second-order valence-electron chi connectivity index (χ2n) is 3.47. The topological polar surface area (TPSA) is 38.3 Å². The van der Waals surface area contributed by atoms with Crippen LogP contribution in [0.2, 0.25) is 0 Å². The summed E-state index contributed by atoms with van der Waals surface area (Å²) in [4.78, 5) is 11.2. The van der Waals surface area contributed by atoms with Crippen molar-refractivity contribution in [2.45, 2.75) is 38.1 Å². The Morgan fingerprint density at radius 3 is 2.58 bits per heavy atom. The van der Waals surface area contributed by atoms with Crippen molar-refractivity contribution in [3.05, 3.63) is 0 Å². The summed E-state index contributed by atoms with van der Waals surface area (Å²) in [5.41, 5.74) is 0.107. The highest BCUT2D eigenvalue weighted by Gasteiger charge is 2.36. The monoisotopic (exact) mass is 171 g/mol. The van der Waals surface area contributed by atoms with Gasteiger partial charge in [-0.3, -0.25) is 4.79 Å². The first-order valence-electron chi connectivity index (χ1n) is 4.52. The van der Waals surface area contributed by atoms with E-state index in [9.17, 15) is 4.79 Å². The molecule has 1 aliphatic rings. The molecule has 0 atom stereocenters. The summed E-state index contributed by atoms with van der Waals surface area (Å²) in [6.07, 6.45) is 4.52. The van der Waals surface area contributed by atoms with Crippen LogP contribution in [0.3, 0.4) is 0 Å². The molecule has 0 aromatic rings. The third-order valence-corrected chi connectivity index (χ3v) is 2.67. The predicted octanol–water partition coefficient (Wildman–Crippen LogP) is 1.08. The van der Waals surface area contributed by atoms with Gasteiger partial charge in [-0.1, -0.05) is 6.92 Å². The Morgan fingerprint density at radius 2 is 2.25 bits per heavy atom. The number of nitrogens with one attached hydrogen (secondary N) is 1. The fourth-order valence-electron chi connectivity index (χ4n) is 1.63. The number of ether oxygens (including phenoxy) is 1. The Bertz CT molecular complexity index is 158. The van der Waals surface area contributed by atoms with Crippen molar-refractivity contribution < 1.29 is 9.53 Å². The molecular weight excluding hydrogens is 154 g/mol. The van der Waals surface area contributed by atoms with E-state index in [1.807, 2.05) is 0 Å². The standard InChI is InChI=1S/C9H17NO2/c1-3-9(5-4-6-9)10-8(11)7-12-2/h3-7H2,1-2H3,(H,10,11). The minimum atomic E-state index is 0.0130. The molecule has 70 valence electrons. The van der Waals surface area contributed by atoms with Gasteiger partial charge >= 0.3 is 0 Å². The third kappa shape index (κ3) is 1.97. The van der Waals surface area contributed by atoms with Crippen molar-refractivity contribution in [2.24, 2.45) is 0 Å². The van der Waals surface area contributed by atoms with Gasteiger partial charge in [0.25, 0.3) is 0 Å². The van der Waals surface area contributed by atoms with Crippen LogP contribution in [0.15, 0.2) is 0 Å². The number of hydrogen-bond acceptors (Lipinski definition) is 2. The molecule has 1 rings (SSSR count). The fraction of sp³-hybridized carbons (Fsp3) is 0.889. The summed E-state index contributed by atoms with van der Waals surface area (Å²) < 4.78 is 4.75. The van der Waals surface area contributed by atoms with Crippen molar-refractivity contribution in [3.8, 4) is 0 Å². The van der Waals surface area contributed by atoms with Crippen LogP contribution < -0.4 is 5.32 Å². The van der Waals surface area contributed by atoms with Crippen LogP contribution in [-0.4, -0.2) is 25.2 Å². The van der Waals surface area contributed by atoms with Crippen molar-refractivity contribution >= 4 is 5.91 Å². The number of methoxy groups -OCH3 is 1. The van der Waals surface area contributed by atoms with E-state index in [4.69, 9.17) is 4.74 Å². The normalized spacial score (nSPS) is 19.8. The minimum absolute atomic E-state index is 0.0130. The molecule has 1 amide bonds. The zero-order valence-corrected chi connectivity index (χ0v) is 7.85. The minimum Gasteiger partial charge on any atom is -0.375 e. The fourth-order valence-corrected chi connectivity index (χ4v) is 1.63. The summed E-state index contributed by atoms with van der Waals surface area (Å²) in [6.45, 7) is 2.30. The molecule has 3 heteroatoms. The molecular formula is C9H17NO2. The van der Waals surface area contributed by atoms with Crippen molar-refractivity contribution in [3.63, 3.8) is 0 Å². The first-order chi connectivity index (χ1) is 5.72. The average Bonchev–Trinajstić information content (AvgIpc) is 1.97. The van der Waals surface area contributed by atoms with Crippen LogP contribution >= 0.6 is 0 Å². The molecule has 0 bridgehead atoms. The van der Waals surface area contributed by atoms with Crippen LogP contribution in [0, 0.1) is 0 Å². The molecule has 0 heterocycles. The van der Waals surface area contributed by atoms with Gasteiger partial charge in [-0.25, -0.2) is 0 Å². The van der Waals surface area contributed by atoms with Gasteiger partial charge < -0.3 is 10.1 Å². The number of amides is 1. The quantitative estimate of drug-likeness (QED) is 0.687. The van der Waals surface area contributed by atoms with E-state index in [0.29, 0.717) is 0 Å². The summed E-state index contributed by atoms with van der Waals surface area (Å²) >= 11 is 0. The predicted molar refractivity (Wildman–Crippen MR) is 46.9 cm³/mol. The molecule has 0 spiro atoms. The smallest absolute Gasteiger partial charge is 0.246 e. The largest absolute Gasteiger partial charge is 0.375 e. The van der Waals surface area contributed by atoms with E-state index < -0.39 is 0 Å². The maximum Gasteiger partial charge on any atom is 0.246 e. The third-order valence-electron chi connectivity index (χ3n) is 2.67. The Labute approximate surface area is 73.5 Å². The van der Waals surface area contributed by atoms with Gasteiger partial charge in [-0.05, 0) is 25.7 Å². The van der Waals surface area contributed by atoms with Gasteiger partial charge in [-0.15, -0.1) is 0 Å². The molecule has 0 saturated heterocycles. The molecule has 12 heavy (non-hydrogen) atoms. The van der Waals surface area contributed by atoms with E-state index in [2.05, 4.69) is 12.2 Å². The second kappa shape index (κ2) is 3.90. The molecule has 0 unspecified atom stereocenters. The zero-order valence-electron chi connectivity index (χ0n) is 7.85. The SMILES string of the molecule is CCC1(NC(=O)COC)CCC1. The maximum absolute atomic E-state index is 11.2. The number of hydrogen-bond donors (Lipinski definition) is 1. The van der Waals surface area contributed by atoms with Crippen LogP contribution in [0.25, 0.3) is 0 Å². The van der Waals surface area contributed by atoms with Gasteiger partial charge in [0.2, 0.25) is 5.91 Å². The van der Waals surface area contributed by atoms with Crippen molar-refractivity contribution in [1.29, 1.82) is 0 Å². The second-order valence-corrected chi connectivity index (χ2v) is 3.47. The Hall–Kier alpha value is -0.570. The van der Waals surface area contributed by atoms with Crippen molar-refractivity contribution in [1.82, 2.24) is 5.32 Å². The summed E-state index contributed by atoms with van der Waals surface area (Å²) in [5, 5.41) is 3.02. The highest BCUT2D eigenvalue weighted by molar-refractivity contribution is 5.78. The van der Waals surface area contributed by atoms with Crippen LogP contribution in [0.4, 0.5) is 0 Å². The molecule has 0 aromatic heterocycles. The molecule has 0 radical (unpaired) electrons. The lowest BCUT2D eigenvalue weighted by Crippen LogP contribution is -2.53. The van der Waals surface area contributed by atoms with E-state index >= 15 is 0 Å². The average molecular weight is 171 g/mol. The molecule has 1 N–H and O–H groups in total. The zero-order chi connectivity index (χ0) is 9.03. The molecule has 1 fully saturated rings. The van der Waals surface area contributed by atoms with Crippen LogP contribution in [-0.2, 0) is 9.53 Å². The molecule has 1 saturated carbocycles. The molecule has 0 aliphatic heterocycles. The highest BCUT2D eigenvalue weighted by atomic mass is 16.5. The van der Waals surface area contributed by atoms with E-state index in [0.717, 1.165) is 19.3 Å². The lowest BCUT2D eigenvalue weighted by Gasteiger charge is -2.41. The summed E-state index contributed by atoms with van der Waals surface area (Å²) in [6, 6.07) is 0. The Kier molecular flexibility index (Phi) is 3.09. The molecule has 3 nitrogen and oxygen atoms in total. The van der Waals surface area contributed by atoms with Crippen molar-refractivity contribution in [2.75, 3.05) is 13.7 Å². The van der Waals surface area contributed by atoms with Crippen LogP contribution in [0.1, 0.15) is 32.6 Å². The van der Waals surface area contributed by atoms with Gasteiger partial charge in [0, 0.05) is 12.6 Å². The Morgan fingerprint density at radius 1 is 1.58 bits per heavy atom. The van der Waals surface area contributed by atoms with Crippen LogP contribution in [0.5, 0.6) is 0 Å². The lowest BCUT2D eigenvalue weighted by molar-refractivity contribution is -0.127. The van der Waals surface area contributed by atoms with Gasteiger partial charge in [-0.2, -0.15) is 0 Å². The number of rotatable bonds is 4. The highest BCUT2D eigenvalue weighted by Crippen LogP contribution is 2.34. The van der Waals surface area contributed by atoms with Gasteiger partial charge in [0.1, 0.15) is 6.61 Å². The van der Waals surface area contributed by atoms with E-state index in [1.54, 1.807) is 7.11 Å². The molecule has 0 aromatic carbocycles.